The minimum absolute atomic E-state index is 0.0410. The third-order valence-electron chi connectivity index (χ3n) is 5.31. The Kier molecular flexibility index (Phi) is 7.67. The summed E-state index contributed by atoms with van der Waals surface area (Å²) in [6.45, 7) is 1.69. The van der Waals surface area contributed by atoms with Crippen molar-refractivity contribution in [2.75, 3.05) is 14.8 Å². The van der Waals surface area contributed by atoms with Crippen LogP contribution in [0.3, 0.4) is 0 Å². The molecule has 4 aromatic rings. The molecule has 0 aliphatic carbocycles. The summed E-state index contributed by atoms with van der Waals surface area (Å²) in [5.41, 5.74) is 2.05. The zero-order valence-electron chi connectivity index (χ0n) is 19.5. The van der Waals surface area contributed by atoms with E-state index in [9.17, 15) is 21.6 Å². The van der Waals surface area contributed by atoms with Crippen molar-refractivity contribution >= 4 is 58.9 Å². The second-order valence-corrected chi connectivity index (χ2v) is 12.3. The molecule has 0 saturated heterocycles. The zero-order chi connectivity index (χ0) is 26.6. The fraction of sp³-hybridized carbons (Fsp3) is 0.0385. The molecule has 4 aromatic carbocycles. The van der Waals surface area contributed by atoms with E-state index in [4.69, 9.17) is 0 Å². The van der Waals surface area contributed by atoms with Gasteiger partial charge in [0.05, 0.1) is 15.5 Å². The van der Waals surface area contributed by atoms with Gasteiger partial charge in [-0.15, -0.1) is 0 Å². The van der Waals surface area contributed by atoms with Gasteiger partial charge in [-0.3, -0.25) is 14.2 Å². The van der Waals surface area contributed by atoms with Gasteiger partial charge in [-0.2, -0.15) is 0 Å². The summed E-state index contributed by atoms with van der Waals surface area (Å²) >= 11 is 3.30. The highest BCUT2D eigenvalue weighted by molar-refractivity contribution is 9.10. The molecule has 190 valence electrons. The second kappa shape index (κ2) is 10.8. The van der Waals surface area contributed by atoms with E-state index in [1.165, 1.54) is 48.5 Å². The van der Waals surface area contributed by atoms with Crippen LogP contribution >= 0.6 is 15.9 Å². The first kappa shape index (κ1) is 26.4. The van der Waals surface area contributed by atoms with Gasteiger partial charge in [0.15, 0.2) is 0 Å². The Morgan fingerprint density at radius 3 is 1.86 bits per heavy atom. The molecule has 3 N–H and O–H groups in total. The minimum Gasteiger partial charge on any atom is -0.322 e. The molecule has 0 aliphatic heterocycles. The van der Waals surface area contributed by atoms with Gasteiger partial charge in [-0.1, -0.05) is 34.1 Å². The van der Waals surface area contributed by atoms with E-state index in [2.05, 4.69) is 30.7 Å². The van der Waals surface area contributed by atoms with E-state index < -0.39 is 26.0 Å². The monoisotopic (exact) mass is 599 g/mol. The van der Waals surface area contributed by atoms with Crippen LogP contribution in [0.2, 0.25) is 0 Å². The molecule has 0 aromatic heterocycles. The van der Waals surface area contributed by atoms with Gasteiger partial charge < -0.3 is 5.32 Å². The van der Waals surface area contributed by atoms with E-state index in [-0.39, 0.29) is 9.79 Å². The number of anilines is 3. The third-order valence-corrected chi connectivity index (χ3v) is 8.61. The van der Waals surface area contributed by atoms with Crippen LogP contribution in [0.5, 0.6) is 0 Å². The number of amides is 1. The van der Waals surface area contributed by atoms with Crippen molar-refractivity contribution < 1.29 is 21.6 Å². The van der Waals surface area contributed by atoms with Gasteiger partial charge in [0.2, 0.25) is 0 Å². The Morgan fingerprint density at radius 1 is 0.676 bits per heavy atom. The molecule has 8 nitrogen and oxygen atoms in total. The maximum atomic E-state index is 12.8. The molecule has 0 atom stereocenters. The Balaban J connectivity index is 1.43. The van der Waals surface area contributed by atoms with Gasteiger partial charge >= 0.3 is 0 Å². The molecule has 0 saturated carbocycles. The van der Waals surface area contributed by atoms with Crippen LogP contribution in [0.4, 0.5) is 17.1 Å². The van der Waals surface area contributed by atoms with Crippen molar-refractivity contribution in [2.24, 2.45) is 0 Å². The lowest BCUT2D eigenvalue weighted by Gasteiger charge is -2.12. The Hall–Kier alpha value is -3.67. The first-order chi connectivity index (χ1) is 17.5. The Morgan fingerprint density at radius 2 is 1.24 bits per heavy atom. The lowest BCUT2D eigenvalue weighted by Crippen LogP contribution is -2.15. The predicted octanol–water partition coefficient (Wildman–Crippen LogP) is 5.61. The fourth-order valence-corrected chi connectivity index (χ4v) is 5.85. The maximum Gasteiger partial charge on any atom is 0.261 e. The van der Waals surface area contributed by atoms with Gasteiger partial charge in [0.1, 0.15) is 0 Å². The van der Waals surface area contributed by atoms with E-state index in [1.54, 1.807) is 55.5 Å². The summed E-state index contributed by atoms with van der Waals surface area (Å²) < 4.78 is 56.3. The van der Waals surface area contributed by atoms with Gasteiger partial charge in [0.25, 0.3) is 26.0 Å². The zero-order valence-corrected chi connectivity index (χ0v) is 22.7. The molecular formula is C26H22BrN3O5S2. The Labute approximate surface area is 224 Å². The first-order valence-electron chi connectivity index (χ1n) is 10.9. The molecule has 0 unspecified atom stereocenters. The number of carbonyl (C=O) groups is 1. The predicted molar refractivity (Wildman–Crippen MR) is 148 cm³/mol. The largest absolute Gasteiger partial charge is 0.322 e. The molecule has 1 amide bonds. The average molecular weight is 601 g/mol. The van der Waals surface area contributed by atoms with Crippen molar-refractivity contribution in [1.29, 1.82) is 0 Å². The van der Waals surface area contributed by atoms with Crippen molar-refractivity contribution in [3.05, 3.63) is 113 Å². The molecule has 11 heteroatoms. The van der Waals surface area contributed by atoms with Crippen LogP contribution in [0, 0.1) is 6.92 Å². The molecule has 37 heavy (non-hydrogen) atoms. The normalized spacial score (nSPS) is 11.5. The molecule has 0 spiro atoms. The standard InChI is InChI=1S/C26H22BrN3O5S2/c1-18-17-19(7-16-25(18)30-37(34,35)23-5-3-2-4-6-23)26(31)28-21-12-14-24(15-13-21)36(32,33)29-22-10-8-20(27)9-11-22/h2-17,29-30H,1H3,(H,28,31). The molecule has 0 radical (unpaired) electrons. The van der Waals surface area contributed by atoms with E-state index in [1.807, 2.05) is 0 Å². The first-order valence-corrected chi connectivity index (χ1v) is 14.7. The summed E-state index contributed by atoms with van der Waals surface area (Å²) in [6.07, 6.45) is 0. The SMILES string of the molecule is Cc1cc(C(=O)Nc2ccc(S(=O)(=O)Nc3ccc(Br)cc3)cc2)ccc1NS(=O)(=O)c1ccccc1. The number of hydrogen-bond donors (Lipinski definition) is 3. The van der Waals surface area contributed by atoms with Gasteiger partial charge in [-0.05, 0) is 91.3 Å². The summed E-state index contributed by atoms with van der Waals surface area (Å²) in [7, 11) is -7.57. The van der Waals surface area contributed by atoms with Crippen LogP contribution in [0.1, 0.15) is 15.9 Å². The minimum atomic E-state index is -3.80. The number of benzene rings is 4. The smallest absolute Gasteiger partial charge is 0.261 e. The van der Waals surface area contributed by atoms with Crippen LogP contribution in [-0.2, 0) is 20.0 Å². The number of rotatable bonds is 8. The van der Waals surface area contributed by atoms with Gasteiger partial charge in [0, 0.05) is 21.4 Å². The van der Waals surface area contributed by atoms with Crippen LogP contribution < -0.4 is 14.8 Å². The lowest BCUT2D eigenvalue weighted by atomic mass is 10.1. The number of carbonyl (C=O) groups excluding carboxylic acids is 1. The molecule has 0 aliphatic rings. The maximum absolute atomic E-state index is 12.8. The van der Waals surface area contributed by atoms with E-state index >= 15 is 0 Å². The summed E-state index contributed by atoms with van der Waals surface area (Å²) in [5, 5.41) is 2.72. The summed E-state index contributed by atoms with van der Waals surface area (Å²) in [6, 6.07) is 25.1. The highest BCUT2D eigenvalue weighted by Gasteiger charge is 2.17. The quantitative estimate of drug-likeness (QED) is 0.243. The van der Waals surface area contributed by atoms with Crippen LogP contribution in [0.15, 0.2) is 111 Å². The van der Waals surface area contributed by atoms with E-state index in [0.29, 0.717) is 28.2 Å². The summed E-state index contributed by atoms with van der Waals surface area (Å²) in [5.74, 6) is -0.427. The highest BCUT2D eigenvalue weighted by atomic mass is 79.9. The van der Waals surface area contributed by atoms with E-state index in [0.717, 1.165) is 4.47 Å². The van der Waals surface area contributed by atoms with Crippen LogP contribution in [0.25, 0.3) is 0 Å². The average Bonchev–Trinajstić information content (AvgIpc) is 2.87. The van der Waals surface area contributed by atoms with Crippen molar-refractivity contribution in [1.82, 2.24) is 0 Å². The Bertz CT molecular complexity index is 1640. The van der Waals surface area contributed by atoms with Gasteiger partial charge in [-0.25, -0.2) is 16.8 Å². The second-order valence-electron chi connectivity index (χ2n) is 8.04. The highest BCUT2D eigenvalue weighted by Crippen LogP contribution is 2.23. The lowest BCUT2D eigenvalue weighted by molar-refractivity contribution is 0.102. The fourth-order valence-electron chi connectivity index (χ4n) is 3.38. The molecule has 4 rings (SSSR count). The summed E-state index contributed by atoms with van der Waals surface area (Å²) in [4.78, 5) is 12.9. The number of hydrogen-bond acceptors (Lipinski definition) is 5. The number of nitrogens with one attached hydrogen (secondary N) is 3. The van der Waals surface area contributed by atoms with Crippen molar-refractivity contribution in [3.8, 4) is 0 Å². The third kappa shape index (κ3) is 6.56. The molecule has 0 bridgehead atoms. The molecule has 0 heterocycles. The topological polar surface area (TPSA) is 121 Å². The molecule has 0 fully saturated rings. The van der Waals surface area contributed by atoms with Crippen LogP contribution in [-0.4, -0.2) is 22.7 Å². The number of aryl methyl sites for hydroxylation is 1. The number of sulfonamides is 2. The van der Waals surface area contributed by atoms with Crippen molar-refractivity contribution in [2.45, 2.75) is 16.7 Å². The number of halogens is 1. The van der Waals surface area contributed by atoms with Crippen molar-refractivity contribution in [3.63, 3.8) is 0 Å². The molecular weight excluding hydrogens is 578 g/mol.